The van der Waals surface area contributed by atoms with Gasteiger partial charge in [-0.3, -0.25) is 4.79 Å². The van der Waals surface area contributed by atoms with Gasteiger partial charge >= 0.3 is 0 Å². The van der Waals surface area contributed by atoms with Crippen molar-refractivity contribution in [2.24, 2.45) is 0 Å². The molecule has 0 aliphatic heterocycles. The Hall–Kier alpha value is -2.61. The number of fused-ring (bicyclic) bond motifs is 1. The number of rotatable bonds is 4. The summed E-state index contributed by atoms with van der Waals surface area (Å²) in [5, 5.41) is 2.13. The molecule has 2 heteroatoms. The molecule has 0 unspecified atom stereocenters. The summed E-state index contributed by atoms with van der Waals surface area (Å²) >= 11 is 0. The number of nitrogens with zero attached hydrogens (tertiary/aromatic N) is 1. The van der Waals surface area contributed by atoms with Gasteiger partial charge in [-0.1, -0.05) is 60.7 Å². The molecule has 0 N–H and O–H groups in total. The molecule has 3 aromatic rings. The number of carbonyl (C=O) groups excluding carboxylic acids is 1. The van der Waals surface area contributed by atoms with Gasteiger partial charge in [0.15, 0.2) is 0 Å². The van der Waals surface area contributed by atoms with Crippen LogP contribution in [0.4, 0.5) is 0 Å². The molecule has 0 aliphatic carbocycles. The van der Waals surface area contributed by atoms with Gasteiger partial charge < -0.3 is 4.90 Å². The predicted octanol–water partition coefficient (Wildman–Crippen LogP) is 5.30. The molecule has 3 rings (SSSR count). The third-order valence-corrected chi connectivity index (χ3v) is 4.63. The van der Waals surface area contributed by atoms with Gasteiger partial charge in [-0.05, 0) is 48.2 Å². The minimum absolute atomic E-state index is 0.107. The van der Waals surface area contributed by atoms with E-state index in [-0.39, 0.29) is 5.91 Å². The molecule has 0 heterocycles. The quantitative estimate of drug-likeness (QED) is 0.639. The zero-order valence-corrected chi connectivity index (χ0v) is 14.5. The van der Waals surface area contributed by atoms with Crippen LogP contribution in [0.1, 0.15) is 29.8 Å². The molecule has 0 fully saturated rings. The molecule has 3 aromatic carbocycles. The number of carbonyl (C=O) groups is 1. The van der Waals surface area contributed by atoms with Crippen molar-refractivity contribution in [3.8, 4) is 11.1 Å². The predicted molar refractivity (Wildman–Crippen MR) is 101 cm³/mol. The lowest BCUT2D eigenvalue weighted by Crippen LogP contribution is -2.31. The van der Waals surface area contributed by atoms with E-state index in [0.29, 0.717) is 13.1 Å². The van der Waals surface area contributed by atoms with E-state index < -0.39 is 0 Å². The molecular weight excluding hydrogens is 294 g/mol. The van der Waals surface area contributed by atoms with E-state index in [0.717, 1.165) is 27.5 Å². The summed E-state index contributed by atoms with van der Waals surface area (Å²) in [6, 6.07) is 20.6. The fourth-order valence-corrected chi connectivity index (χ4v) is 3.27. The van der Waals surface area contributed by atoms with Crippen molar-refractivity contribution in [2.45, 2.75) is 20.8 Å². The summed E-state index contributed by atoms with van der Waals surface area (Å²) in [5.74, 6) is 0.107. The summed E-state index contributed by atoms with van der Waals surface area (Å²) in [6.45, 7) is 7.58. The van der Waals surface area contributed by atoms with E-state index in [1.807, 2.05) is 49.1 Å². The lowest BCUT2D eigenvalue weighted by atomic mass is 9.91. The Morgan fingerprint density at radius 2 is 1.50 bits per heavy atom. The summed E-state index contributed by atoms with van der Waals surface area (Å²) in [7, 11) is 0. The molecule has 1 amide bonds. The maximum atomic E-state index is 13.3. The summed E-state index contributed by atoms with van der Waals surface area (Å²) in [6.07, 6.45) is 0. The van der Waals surface area contributed by atoms with Crippen LogP contribution in [-0.4, -0.2) is 23.9 Å². The number of aryl methyl sites for hydroxylation is 1. The second-order valence-electron chi connectivity index (χ2n) is 6.00. The van der Waals surface area contributed by atoms with E-state index in [2.05, 4.69) is 37.3 Å². The monoisotopic (exact) mass is 317 g/mol. The maximum Gasteiger partial charge on any atom is 0.255 e. The van der Waals surface area contributed by atoms with E-state index in [4.69, 9.17) is 0 Å². The van der Waals surface area contributed by atoms with Crippen molar-refractivity contribution >= 4 is 16.7 Å². The zero-order chi connectivity index (χ0) is 17.1. The Labute approximate surface area is 143 Å². The van der Waals surface area contributed by atoms with Crippen LogP contribution in [0.15, 0.2) is 60.7 Å². The first-order valence-corrected chi connectivity index (χ1v) is 8.54. The second kappa shape index (κ2) is 6.88. The fraction of sp³-hybridized carbons (Fsp3) is 0.227. The van der Waals surface area contributed by atoms with Crippen molar-refractivity contribution in [1.29, 1.82) is 0 Å². The average Bonchev–Trinajstić information content (AvgIpc) is 2.62. The van der Waals surface area contributed by atoms with E-state index >= 15 is 0 Å². The van der Waals surface area contributed by atoms with Crippen molar-refractivity contribution in [3.63, 3.8) is 0 Å². The molecule has 0 radical (unpaired) electrons. The Morgan fingerprint density at radius 1 is 0.833 bits per heavy atom. The zero-order valence-electron chi connectivity index (χ0n) is 14.5. The van der Waals surface area contributed by atoms with Crippen LogP contribution in [0, 0.1) is 6.92 Å². The number of hydrogen-bond acceptors (Lipinski definition) is 1. The van der Waals surface area contributed by atoms with Gasteiger partial charge in [0.1, 0.15) is 0 Å². The number of amides is 1. The van der Waals surface area contributed by atoms with Gasteiger partial charge in [-0.15, -0.1) is 0 Å². The number of benzene rings is 3. The highest BCUT2D eigenvalue weighted by Crippen LogP contribution is 2.33. The molecule has 0 bridgehead atoms. The van der Waals surface area contributed by atoms with Gasteiger partial charge in [0.25, 0.3) is 5.91 Å². The molecule has 0 saturated heterocycles. The van der Waals surface area contributed by atoms with Crippen LogP contribution in [0.25, 0.3) is 21.9 Å². The van der Waals surface area contributed by atoms with Gasteiger partial charge in [0.05, 0.1) is 5.56 Å². The SMILES string of the molecule is CCN(CC)C(=O)c1c(-c2ccccc2C)ccc2ccccc12. The van der Waals surface area contributed by atoms with E-state index in [9.17, 15) is 4.79 Å². The minimum atomic E-state index is 0.107. The Kier molecular flexibility index (Phi) is 4.66. The third kappa shape index (κ3) is 2.80. The molecule has 0 saturated carbocycles. The van der Waals surface area contributed by atoms with Crippen LogP contribution in [0.2, 0.25) is 0 Å². The van der Waals surface area contributed by atoms with Gasteiger partial charge in [-0.25, -0.2) is 0 Å². The topological polar surface area (TPSA) is 20.3 Å². The molecule has 0 atom stereocenters. The van der Waals surface area contributed by atoms with Gasteiger partial charge in [0.2, 0.25) is 0 Å². The molecular formula is C22H23NO. The first kappa shape index (κ1) is 16.3. The third-order valence-electron chi connectivity index (χ3n) is 4.63. The van der Waals surface area contributed by atoms with Crippen LogP contribution in [-0.2, 0) is 0 Å². The molecule has 0 aromatic heterocycles. The normalized spacial score (nSPS) is 10.8. The Bertz CT molecular complexity index is 878. The Morgan fingerprint density at radius 3 is 2.21 bits per heavy atom. The highest BCUT2D eigenvalue weighted by atomic mass is 16.2. The summed E-state index contributed by atoms with van der Waals surface area (Å²) < 4.78 is 0. The smallest absolute Gasteiger partial charge is 0.255 e. The fourth-order valence-electron chi connectivity index (χ4n) is 3.27. The van der Waals surface area contributed by atoms with Crippen molar-refractivity contribution in [2.75, 3.05) is 13.1 Å². The first-order valence-electron chi connectivity index (χ1n) is 8.54. The molecule has 0 aliphatic rings. The molecule has 2 nitrogen and oxygen atoms in total. The van der Waals surface area contributed by atoms with Crippen molar-refractivity contribution < 1.29 is 4.79 Å². The lowest BCUT2D eigenvalue weighted by Gasteiger charge is -2.22. The summed E-state index contributed by atoms with van der Waals surface area (Å²) in [5.41, 5.74) is 4.13. The van der Waals surface area contributed by atoms with Crippen molar-refractivity contribution in [3.05, 3.63) is 71.8 Å². The Balaban J connectivity index is 2.32. The molecule has 122 valence electrons. The standard InChI is InChI=1S/C22H23NO/c1-4-23(5-2)22(24)21-19-13-9-7-11-17(19)14-15-20(21)18-12-8-6-10-16(18)3/h6-15H,4-5H2,1-3H3. The lowest BCUT2D eigenvalue weighted by molar-refractivity contribution is 0.0775. The molecule has 0 spiro atoms. The van der Waals surface area contributed by atoms with E-state index in [1.54, 1.807) is 0 Å². The van der Waals surface area contributed by atoms with Crippen LogP contribution < -0.4 is 0 Å². The van der Waals surface area contributed by atoms with E-state index in [1.165, 1.54) is 5.56 Å². The summed E-state index contributed by atoms with van der Waals surface area (Å²) in [4.78, 5) is 15.1. The van der Waals surface area contributed by atoms with Crippen molar-refractivity contribution in [1.82, 2.24) is 4.90 Å². The second-order valence-corrected chi connectivity index (χ2v) is 6.00. The first-order chi connectivity index (χ1) is 11.7. The number of hydrogen-bond donors (Lipinski definition) is 0. The highest BCUT2D eigenvalue weighted by molar-refractivity contribution is 6.12. The maximum absolute atomic E-state index is 13.3. The minimum Gasteiger partial charge on any atom is -0.339 e. The average molecular weight is 317 g/mol. The van der Waals surface area contributed by atoms with Gasteiger partial charge in [0, 0.05) is 13.1 Å². The van der Waals surface area contributed by atoms with Gasteiger partial charge in [-0.2, -0.15) is 0 Å². The van der Waals surface area contributed by atoms with Crippen LogP contribution in [0.3, 0.4) is 0 Å². The van der Waals surface area contributed by atoms with Crippen LogP contribution in [0.5, 0.6) is 0 Å². The highest BCUT2D eigenvalue weighted by Gasteiger charge is 2.21. The molecule has 24 heavy (non-hydrogen) atoms. The van der Waals surface area contributed by atoms with Crippen LogP contribution >= 0.6 is 0 Å². The largest absolute Gasteiger partial charge is 0.339 e.